The van der Waals surface area contributed by atoms with E-state index in [1.165, 1.54) is 6.07 Å². The minimum atomic E-state index is -3.96. The van der Waals surface area contributed by atoms with E-state index in [9.17, 15) is 13.2 Å². The van der Waals surface area contributed by atoms with Gasteiger partial charge in [-0.3, -0.25) is 9.78 Å². The van der Waals surface area contributed by atoms with Crippen LogP contribution in [0.3, 0.4) is 0 Å². The molecule has 0 atom stereocenters. The molecule has 0 aliphatic rings. The molecule has 45 heavy (non-hydrogen) atoms. The quantitative estimate of drug-likeness (QED) is 0.175. The first-order valence-electron chi connectivity index (χ1n) is 14.1. The largest absolute Gasteiger partial charge is 0.378 e. The summed E-state index contributed by atoms with van der Waals surface area (Å²) < 4.78 is 31.4. The molecule has 10 heteroatoms. The molecule has 1 N–H and O–H groups in total. The van der Waals surface area contributed by atoms with Crippen LogP contribution in [0.1, 0.15) is 5.69 Å². The van der Waals surface area contributed by atoms with Crippen molar-refractivity contribution < 1.29 is 17.4 Å². The van der Waals surface area contributed by atoms with Crippen molar-refractivity contribution in [2.24, 2.45) is 0 Å². The number of aromatic amines is 1. The number of fused-ring (bicyclic) bond motifs is 3. The van der Waals surface area contributed by atoms with Crippen LogP contribution in [0.15, 0.2) is 125 Å². The Labute approximate surface area is 263 Å². The number of aromatic nitrogens is 3. The molecule has 0 aliphatic carbocycles. The van der Waals surface area contributed by atoms with Crippen molar-refractivity contribution >= 4 is 55.0 Å². The summed E-state index contributed by atoms with van der Waals surface area (Å²) in [4.78, 5) is 27.0. The van der Waals surface area contributed by atoms with Gasteiger partial charge in [0.2, 0.25) is 5.91 Å². The first-order chi connectivity index (χ1) is 21.9. The van der Waals surface area contributed by atoms with Gasteiger partial charge in [0.1, 0.15) is 11.4 Å². The fraction of sp³-hybridized carbons (Fsp3) is 0.0571. The van der Waals surface area contributed by atoms with Gasteiger partial charge in [-0.2, -0.15) is 8.42 Å². The zero-order valence-electron chi connectivity index (χ0n) is 24.0. The Bertz CT molecular complexity index is 2250. The van der Waals surface area contributed by atoms with E-state index in [-0.39, 0.29) is 22.3 Å². The molecule has 7 aromatic rings. The lowest BCUT2D eigenvalue weighted by Gasteiger charge is -2.18. The molecule has 0 saturated heterocycles. The molecule has 0 fully saturated rings. The second-order valence-electron chi connectivity index (χ2n) is 10.4. The Balaban J connectivity index is 1.30. The number of carbonyl (C=O) groups is 1. The van der Waals surface area contributed by atoms with E-state index in [0.717, 1.165) is 55.6 Å². The van der Waals surface area contributed by atoms with Crippen LogP contribution in [-0.4, -0.2) is 36.3 Å². The Morgan fingerprint density at radius 3 is 2.42 bits per heavy atom. The third-order valence-corrected chi connectivity index (χ3v) is 10.2. The molecule has 8 nitrogen and oxygen atoms in total. The van der Waals surface area contributed by atoms with Gasteiger partial charge in [0, 0.05) is 58.2 Å². The van der Waals surface area contributed by atoms with Gasteiger partial charge in [-0.1, -0.05) is 54.6 Å². The lowest BCUT2D eigenvalue weighted by atomic mass is 9.92. The minimum Gasteiger partial charge on any atom is -0.378 e. The zero-order valence-corrected chi connectivity index (χ0v) is 25.7. The van der Waals surface area contributed by atoms with E-state index in [1.54, 1.807) is 47.8 Å². The van der Waals surface area contributed by atoms with Gasteiger partial charge in [0.05, 0.1) is 6.42 Å². The molecule has 222 valence electrons. The van der Waals surface area contributed by atoms with Crippen LogP contribution in [0.25, 0.3) is 44.2 Å². The molecular weight excluding hydrogens is 605 g/mol. The third kappa shape index (κ3) is 5.57. The van der Waals surface area contributed by atoms with E-state index in [2.05, 4.69) is 9.97 Å². The van der Waals surface area contributed by atoms with Crippen molar-refractivity contribution in [3.63, 3.8) is 0 Å². The second kappa shape index (κ2) is 11.6. The predicted octanol–water partition coefficient (Wildman–Crippen LogP) is 7.48. The summed E-state index contributed by atoms with van der Waals surface area (Å²) in [6, 6.07) is 31.7. The number of nitrogens with one attached hydrogen (secondary N) is 1. The average Bonchev–Trinajstić information content (AvgIpc) is 3.74. The number of nitrogens with zero attached hydrogens (tertiary/aromatic N) is 3. The maximum absolute atomic E-state index is 13.0. The first kappa shape index (κ1) is 28.5. The second-order valence-corrected chi connectivity index (χ2v) is 13.2. The van der Waals surface area contributed by atoms with Gasteiger partial charge < -0.3 is 14.1 Å². The molecule has 0 spiro atoms. The van der Waals surface area contributed by atoms with Crippen molar-refractivity contribution in [2.45, 2.75) is 10.6 Å². The molecule has 4 aromatic heterocycles. The number of hydrogen-bond acceptors (Lipinski definition) is 7. The van der Waals surface area contributed by atoms with Crippen LogP contribution in [0.4, 0.5) is 5.69 Å². The number of hydrogen-bond donors (Lipinski definition) is 1. The van der Waals surface area contributed by atoms with Gasteiger partial charge in [-0.15, -0.1) is 11.3 Å². The molecule has 3 aromatic carbocycles. The van der Waals surface area contributed by atoms with E-state index < -0.39 is 10.1 Å². The predicted molar refractivity (Wildman–Crippen MR) is 178 cm³/mol. The van der Waals surface area contributed by atoms with Gasteiger partial charge in [0.15, 0.2) is 4.21 Å². The summed E-state index contributed by atoms with van der Waals surface area (Å²) in [5.74, 6) is 0.149. The maximum Gasteiger partial charge on any atom is 0.348 e. The van der Waals surface area contributed by atoms with Gasteiger partial charge in [-0.25, -0.2) is 4.98 Å². The summed E-state index contributed by atoms with van der Waals surface area (Å²) in [5, 5.41) is 3.33. The lowest BCUT2D eigenvalue weighted by Crippen LogP contribution is -2.28. The molecule has 7 rings (SSSR count). The zero-order chi connectivity index (χ0) is 31.0. The smallest absolute Gasteiger partial charge is 0.348 e. The number of benzene rings is 3. The number of amides is 1. The van der Waals surface area contributed by atoms with E-state index in [1.807, 2.05) is 79.0 Å². The first-order valence-corrected chi connectivity index (χ1v) is 16.4. The summed E-state index contributed by atoms with van der Waals surface area (Å²) >= 11 is 1.11. The van der Waals surface area contributed by atoms with Crippen molar-refractivity contribution in [3.8, 4) is 28.0 Å². The molecule has 4 heterocycles. The highest BCUT2D eigenvalue weighted by Gasteiger charge is 2.21. The van der Waals surface area contributed by atoms with Crippen LogP contribution < -0.4 is 9.08 Å². The van der Waals surface area contributed by atoms with Crippen molar-refractivity contribution in [1.82, 2.24) is 15.0 Å². The Kier molecular flexibility index (Phi) is 7.36. The number of H-pyrrole nitrogens is 1. The van der Waals surface area contributed by atoms with Crippen LogP contribution >= 0.6 is 11.3 Å². The summed E-state index contributed by atoms with van der Waals surface area (Å²) in [7, 11) is -2.20. The number of rotatable bonds is 8. The third-order valence-electron chi connectivity index (χ3n) is 7.60. The van der Waals surface area contributed by atoms with Gasteiger partial charge in [-0.05, 0) is 65.0 Å². The highest BCUT2D eigenvalue weighted by atomic mass is 32.3. The van der Waals surface area contributed by atoms with E-state index in [0.29, 0.717) is 11.3 Å². The highest BCUT2D eigenvalue weighted by molar-refractivity contribution is 7.89. The summed E-state index contributed by atoms with van der Waals surface area (Å²) in [5.41, 5.74) is 6.67. The molecule has 0 unspecified atom stereocenters. The summed E-state index contributed by atoms with van der Waals surface area (Å²) in [6.07, 6.45) is 3.73. The molecule has 0 saturated carbocycles. The fourth-order valence-electron chi connectivity index (χ4n) is 5.37. The average molecular weight is 631 g/mol. The lowest BCUT2D eigenvalue weighted by molar-refractivity contribution is -0.117. The Hall–Kier alpha value is -5.32. The number of likely N-dealkylation sites (N-methyl/N-ethyl adjacent to an activating group) is 1. The van der Waals surface area contributed by atoms with Crippen LogP contribution in [-0.2, 0) is 21.3 Å². The Morgan fingerprint density at radius 1 is 0.889 bits per heavy atom. The Morgan fingerprint density at radius 2 is 1.69 bits per heavy atom. The normalized spacial score (nSPS) is 11.6. The highest BCUT2D eigenvalue weighted by Crippen LogP contribution is 2.41. The molecule has 0 radical (unpaired) electrons. The standard InChI is InChI=1S/C35H26N4O4S2/c1-39(31(40)20-25-10-5-6-18-36-25)26-14-12-23(13-15-26)29-22-37-35-34(33(29)24-8-3-2-4-9-24)28-21-27(16-17-30(28)38-35)43-45(41,42)32-11-7-19-44-32/h2-19,21-22H,20H2,1H3,(H,37,38). The number of anilines is 1. The van der Waals surface area contributed by atoms with Crippen LogP contribution in [0, 0.1) is 0 Å². The number of thiophene rings is 1. The van der Waals surface area contributed by atoms with Crippen molar-refractivity contribution in [3.05, 3.63) is 127 Å². The van der Waals surface area contributed by atoms with Crippen LogP contribution in [0.2, 0.25) is 0 Å². The van der Waals surface area contributed by atoms with Crippen LogP contribution in [0.5, 0.6) is 5.75 Å². The molecule has 1 amide bonds. The SMILES string of the molecule is CN(C(=O)Cc1ccccn1)c1ccc(-c2cnc3[nH]c4ccc(OS(=O)(=O)c5cccs5)cc4c3c2-c2ccccc2)cc1. The topological polar surface area (TPSA) is 105 Å². The van der Waals surface area contributed by atoms with Gasteiger partial charge in [0.25, 0.3) is 0 Å². The van der Waals surface area contributed by atoms with Crippen molar-refractivity contribution in [1.29, 1.82) is 0 Å². The molecule has 0 aliphatic heterocycles. The monoisotopic (exact) mass is 630 g/mol. The van der Waals surface area contributed by atoms with E-state index >= 15 is 0 Å². The van der Waals surface area contributed by atoms with Gasteiger partial charge >= 0.3 is 10.1 Å². The van der Waals surface area contributed by atoms with Crippen molar-refractivity contribution in [2.75, 3.05) is 11.9 Å². The fourth-order valence-corrected chi connectivity index (χ4v) is 7.24. The molecular formula is C35H26N4O4S2. The molecule has 0 bridgehead atoms. The summed E-state index contributed by atoms with van der Waals surface area (Å²) in [6.45, 7) is 0. The van der Waals surface area contributed by atoms with E-state index in [4.69, 9.17) is 9.17 Å². The maximum atomic E-state index is 13.0. The number of pyridine rings is 2. The minimum absolute atomic E-state index is 0.0626. The number of carbonyl (C=O) groups excluding carboxylic acids is 1.